The predicted molar refractivity (Wildman–Crippen MR) is 66.5 cm³/mol. The van der Waals surface area contributed by atoms with Gasteiger partial charge in [0, 0.05) is 0 Å². The van der Waals surface area contributed by atoms with Gasteiger partial charge >= 0.3 is 0 Å². The third-order valence-corrected chi connectivity index (χ3v) is 3.36. The SMILES string of the molecule is CCCCC(C)CC(C)CC(C)CC. The van der Waals surface area contributed by atoms with Crippen LogP contribution in [0, 0.1) is 17.8 Å². The zero-order chi connectivity index (χ0) is 11.0. The molecule has 0 aromatic heterocycles. The van der Waals surface area contributed by atoms with Gasteiger partial charge in [0.1, 0.15) is 0 Å². The quantitative estimate of drug-likeness (QED) is 0.498. The van der Waals surface area contributed by atoms with Crippen LogP contribution in [-0.4, -0.2) is 0 Å². The highest BCUT2D eigenvalue weighted by Crippen LogP contribution is 2.23. The van der Waals surface area contributed by atoms with E-state index in [-0.39, 0.29) is 0 Å². The maximum atomic E-state index is 2.43. The average Bonchev–Trinajstić information content (AvgIpc) is 2.14. The van der Waals surface area contributed by atoms with E-state index in [0.717, 1.165) is 17.8 Å². The molecular weight excluding hydrogens is 168 g/mol. The fourth-order valence-corrected chi connectivity index (χ4v) is 2.31. The van der Waals surface area contributed by atoms with E-state index in [1.807, 2.05) is 0 Å². The van der Waals surface area contributed by atoms with E-state index in [0.29, 0.717) is 0 Å². The van der Waals surface area contributed by atoms with Crippen molar-refractivity contribution in [2.24, 2.45) is 17.8 Å². The molecule has 0 heteroatoms. The molecule has 3 unspecified atom stereocenters. The summed E-state index contributed by atoms with van der Waals surface area (Å²) in [6.45, 7) is 11.8. The van der Waals surface area contributed by atoms with Crippen LogP contribution in [0.4, 0.5) is 0 Å². The molecule has 0 aliphatic rings. The van der Waals surface area contributed by atoms with E-state index in [1.54, 1.807) is 0 Å². The molecule has 0 aliphatic carbocycles. The van der Waals surface area contributed by atoms with E-state index < -0.39 is 0 Å². The fourth-order valence-electron chi connectivity index (χ4n) is 2.31. The van der Waals surface area contributed by atoms with Crippen LogP contribution < -0.4 is 0 Å². The molecule has 0 aromatic rings. The first-order valence-corrected chi connectivity index (χ1v) is 6.60. The Morgan fingerprint density at radius 2 is 1.36 bits per heavy atom. The van der Waals surface area contributed by atoms with Crippen LogP contribution in [0.5, 0.6) is 0 Å². The zero-order valence-electron chi connectivity index (χ0n) is 11.0. The van der Waals surface area contributed by atoms with Crippen LogP contribution >= 0.6 is 0 Å². The molecule has 0 saturated carbocycles. The van der Waals surface area contributed by atoms with Crippen LogP contribution in [0.1, 0.15) is 73.1 Å². The van der Waals surface area contributed by atoms with Crippen LogP contribution in [0.25, 0.3) is 0 Å². The van der Waals surface area contributed by atoms with Crippen molar-refractivity contribution in [1.29, 1.82) is 0 Å². The summed E-state index contributed by atoms with van der Waals surface area (Å²) in [7, 11) is 0. The second-order valence-electron chi connectivity index (χ2n) is 5.34. The molecule has 0 aliphatic heterocycles. The first-order chi connectivity index (χ1) is 6.60. The predicted octanol–water partition coefficient (Wildman–Crippen LogP) is 5.28. The molecule has 0 radical (unpaired) electrons. The second kappa shape index (κ2) is 8.32. The third-order valence-electron chi connectivity index (χ3n) is 3.36. The Labute approximate surface area is 91.5 Å². The van der Waals surface area contributed by atoms with E-state index >= 15 is 0 Å². The second-order valence-corrected chi connectivity index (χ2v) is 5.34. The van der Waals surface area contributed by atoms with E-state index in [4.69, 9.17) is 0 Å². The van der Waals surface area contributed by atoms with Crippen molar-refractivity contribution in [1.82, 2.24) is 0 Å². The molecule has 0 amide bonds. The van der Waals surface area contributed by atoms with Gasteiger partial charge in [0.2, 0.25) is 0 Å². The van der Waals surface area contributed by atoms with Gasteiger partial charge in [-0.3, -0.25) is 0 Å². The molecule has 0 bridgehead atoms. The summed E-state index contributed by atoms with van der Waals surface area (Å²) in [5, 5.41) is 0. The molecule has 0 nitrogen and oxygen atoms in total. The largest absolute Gasteiger partial charge is 0.0654 e. The van der Waals surface area contributed by atoms with E-state index in [2.05, 4.69) is 34.6 Å². The van der Waals surface area contributed by atoms with Crippen molar-refractivity contribution < 1.29 is 0 Å². The van der Waals surface area contributed by atoms with Gasteiger partial charge in [-0.1, -0.05) is 60.3 Å². The maximum absolute atomic E-state index is 2.43. The average molecular weight is 198 g/mol. The zero-order valence-corrected chi connectivity index (χ0v) is 11.0. The summed E-state index contributed by atoms with van der Waals surface area (Å²) >= 11 is 0. The fraction of sp³-hybridized carbons (Fsp3) is 1.00. The molecular formula is C14H30. The van der Waals surface area contributed by atoms with Crippen LogP contribution in [-0.2, 0) is 0 Å². The molecule has 0 fully saturated rings. The Morgan fingerprint density at radius 1 is 0.786 bits per heavy atom. The first kappa shape index (κ1) is 14.0. The van der Waals surface area contributed by atoms with Gasteiger partial charge in [0.05, 0.1) is 0 Å². The summed E-state index contributed by atoms with van der Waals surface area (Å²) in [6, 6.07) is 0. The summed E-state index contributed by atoms with van der Waals surface area (Å²) < 4.78 is 0. The van der Waals surface area contributed by atoms with Crippen LogP contribution in [0.3, 0.4) is 0 Å². The molecule has 3 atom stereocenters. The lowest BCUT2D eigenvalue weighted by atomic mass is 9.87. The molecule has 86 valence electrons. The Bertz CT molecular complexity index is 117. The normalized spacial score (nSPS) is 17.8. The van der Waals surface area contributed by atoms with Gasteiger partial charge in [-0.25, -0.2) is 0 Å². The number of hydrogen-bond acceptors (Lipinski definition) is 0. The molecule has 0 aromatic carbocycles. The first-order valence-electron chi connectivity index (χ1n) is 6.60. The Hall–Kier alpha value is 0. The molecule has 0 spiro atoms. The topological polar surface area (TPSA) is 0 Å². The highest BCUT2D eigenvalue weighted by atomic mass is 14.2. The van der Waals surface area contributed by atoms with Gasteiger partial charge in [-0.05, 0) is 30.6 Å². The van der Waals surface area contributed by atoms with Crippen molar-refractivity contribution in [3.8, 4) is 0 Å². The number of rotatable bonds is 8. The van der Waals surface area contributed by atoms with Gasteiger partial charge in [0.25, 0.3) is 0 Å². The van der Waals surface area contributed by atoms with E-state index in [1.165, 1.54) is 38.5 Å². The van der Waals surface area contributed by atoms with Gasteiger partial charge in [0.15, 0.2) is 0 Å². The van der Waals surface area contributed by atoms with Crippen molar-refractivity contribution >= 4 is 0 Å². The van der Waals surface area contributed by atoms with Crippen molar-refractivity contribution in [2.75, 3.05) is 0 Å². The Balaban J connectivity index is 3.54. The smallest absolute Gasteiger partial charge is 0.0438 e. The minimum atomic E-state index is 0.920. The van der Waals surface area contributed by atoms with Crippen LogP contribution in [0.15, 0.2) is 0 Å². The lowest BCUT2D eigenvalue weighted by Gasteiger charge is -2.19. The van der Waals surface area contributed by atoms with Gasteiger partial charge < -0.3 is 0 Å². The standard InChI is InChI=1S/C14H30/c1-6-8-9-13(4)11-14(5)10-12(3)7-2/h12-14H,6-11H2,1-5H3. The third kappa shape index (κ3) is 7.41. The van der Waals surface area contributed by atoms with Crippen molar-refractivity contribution in [2.45, 2.75) is 73.1 Å². The lowest BCUT2D eigenvalue weighted by molar-refractivity contribution is 0.326. The minimum Gasteiger partial charge on any atom is -0.0654 e. The summed E-state index contributed by atoms with van der Waals surface area (Å²) in [5.41, 5.74) is 0. The highest BCUT2D eigenvalue weighted by molar-refractivity contribution is 4.63. The molecule has 0 saturated heterocycles. The molecule has 0 heterocycles. The monoisotopic (exact) mass is 198 g/mol. The Morgan fingerprint density at radius 3 is 1.86 bits per heavy atom. The van der Waals surface area contributed by atoms with Gasteiger partial charge in [-0.2, -0.15) is 0 Å². The molecule has 14 heavy (non-hydrogen) atoms. The summed E-state index contributed by atoms with van der Waals surface area (Å²) in [4.78, 5) is 0. The molecule has 0 N–H and O–H groups in total. The van der Waals surface area contributed by atoms with Gasteiger partial charge in [-0.15, -0.1) is 0 Å². The van der Waals surface area contributed by atoms with Crippen molar-refractivity contribution in [3.63, 3.8) is 0 Å². The maximum Gasteiger partial charge on any atom is -0.0438 e. The number of hydrogen-bond donors (Lipinski definition) is 0. The number of unbranched alkanes of at least 4 members (excludes halogenated alkanes) is 1. The highest BCUT2D eigenvalue weighted by Gasteiger charge is 2.11. The Kier molecular flexibility index (Phi) is 8.32. The van der Waals surface area contributed by atoms with Crippen LogP contribution in [0.2, 0.25) is 0 Å². The molecule has 0 rings (SSSR count). The minimum absolute atomic E-state index is 0.920. The summed E-state index contributed by atoms with van der Waals surface area (Å²) in [6.07, 6.45) is 8.40. The summed E-state index contributed by atoms with van der Waals surface area (Å²) in [5.74, 6) is 2.79. The lowest BCUT2D eigenvalue weighted by Crippen LogP contribution is -2.07. The van der Waals surface area contributed by atoms with E-state index in [9.17, 15) is 0 Å². The van der Waals surface area contributed by atoms with Crippen molar-refractivity contribution in [3.05, 3.63) is 0 Å².